The van der Waals surface area contributed by atoms with Gasteiger partial charge in [-0.1, -0.05) is 25.0 Å². The molecule has 1 saturated heterocycles. The van der Waals surface area contributed by atoms with Crippen LogP contribution in [0.1, 0.15) is 44.1 Å². The molecular formula is C18H26N2O3S. The van der Waals surface area contributed by atoms with E-state index in [1.54, 1.807) is 16.4 Å². The summed E-state index contributed by atoms with van der Waals surface area (Å²) in [6, 6.07) is 7.10. The minimum absolute atomic E-state index is 0.148. The quantitative estimate of drug-likeness (QED) is 0.856. The standard InChI is InChI=1S/C18H26N2O3S/c21-18(16-7-8-16)19-12-11-15-5-9-17(10-6-15)24(22,23)20-13-3-1-2-4-14-20/h5-6,9-10,16H,1-4,7-8,11-14H2,(H,19,21). The summed E-state index contributed by atoms with van der Waals surface area (Å²) in [4.78, 5) is 12.0. The molecule has 0 unspecified atom stereocenters. The molecule has 0 atom stereocenters. The van der Waals surface area contributed by atoms with Crippen LogP contribution >= 0.6 is 0 Å². The van der Waals surface area contributed by atoms with Gasteiger partial charge < -0.3 is 5.32 Å². The van der Waals surface area contributed by atoms with Crippen molar-refractivity contribution in [3.63, 3.8) is 0 Å². The summed E-state index contributed by atoms with van der Waals surface area (Å²) in [6.45, 7) is 1.85. The first kappa shape index (κ1) is 17.4. The van der Waals surface area contributed by atoms with E-state index in [4.69, 9.17) is 0 Å². The maximum absolute atomic E-state index is 12.7. The Kier molecular flexibility index (Phi) is 5.56. The summed E-state index contributed by atoms with van der Waals surface area (Å²) in [6.07, 6.45) is 6.84. The molecule has 132 valence electrons. The van der Waals surface area contributed by atoms with Gasteiger partial charge in [-0.25, -0.2) is 8.42 Å². The number of carbonyl (C=O) groups is 1. The van der Waals surface area contributed by atoms with Crippen LogP contribution in [-0.2, 0) is 21.2 Å². The SMILES string of the molecule is O=C(NCCc1ccc(S(=O)(=O)N2CCCCCC2)cc1)C1CC1. The summed E-state index contributed by atoms with van der Waals surface area (Å²) < 4.78 is 27.0. The van der Waals surface area contributed by atoms with E-state index in [1.165, 1.54) is 0 Å². The second kappa shape index (κ2) is 7.66. The first-order chi connectivity index (χ1) is 11.6. The monoisotopic (exact) mass is 350 g/mol. The second-order valence-corrected chi connectivity index (χ2v) is 8.72. The summed E-state index contributed by atoms with van der Waals surface area (Å²) >= 11 is 0. The number of benzene rings is 1. The molecule has 2 aliphatic rings. The van der Waals surface area contributed by atoms with Crippen LogP contribution in [0.25, 0.3) is 0 Å². The highest BCUT2D eigenvalue weighted by atomic mass is 32.2. The third kappa shape index (κ3) is 4.36. The highest BCUT2D eigenvalue weighted by molar-refractivity contribution is 7.89. The first-order valence-corrected chi connectivity index (χ1v) is 10.4. The average molecular weight is 350 g/mol. The Morgan fingerprint density at radius 3 is 2.25 bits per heavy atom. The Morgan fingerprint density at radius 1 is 1.04 bits per heavy atom. The van der Waals surface area contributed by atoms with Gasteiger partial charge in [0.1, 0.15) is 0 Å². The minimum atomic E-state index is -3.38. The molecule has 0 radical (unpaired) electrons. The highest BCUT2D eigenvalue weighted by Crippen LogP contribution is 2.28. The maximum atomic E-state index is 12.7. The Morgan fingerprint density at radius 2 is 1.67 bits per heavy atom. The lowest BCUT2D eigenvalue weighted by atomic mass is 10.1. The van der Waals surface area contributed by atoms with Crippen LogP contribution in [0.15, 0.2) is 29.2 Å². The molecular weight excluding hydrogens is 324 g/mol. The molecule has 1 saturated carbocycles. The zero-order chi connectivity index (χ0) is 17.0. The molecule has 3 rings (SSSR count). The van der Waals surface area contributed by atoms with Gasteiger partial charge in [0.15, 0.2) is 0 Å². The van der Waals surface area contributed by atoms with E-state index in [0.717, 1.165) is 50.5 Å². The number of rotatable bonds is 6. The van der Waals surface area contributed by atoms with Crippen molar-refractivity contribution in [1.82, 2.24) is 9.62 Å². The van der Waals surface area contributed by atoms with E-state index in [2.05, 4.69) is 5.32 Å². The van der Waals surface area contributed by atoms with Gasteiger partial charge in [-0.3, -0.25) is 4.79 Å². The Balaban J connectivity index is 1.57. The molecule has 1 amide bonds. The highest BCUT2D eigenvalue weighted by Gasteiger charge is 2.29. The fraction of sp³-hybridized carbons (Fsp3) is 0.611. The zero-order valence-corrected chi connectivity index (χ0v) is 14.9. The van der Waals surface area contributed by atoms with Crippen LogP contribution < -0.4 is 5.32 Å². The van der Waals surface area contributed by atoms with Gasteiger partial charge in [-0.2, -0.15) is 4.31 Å². The second-order valence-electron chi connectivity index (χ2n) is 6.78. The van der Waals surface area contributed by atoms with Crippen molar-refractivity contribution in [2.24, 2.45) is 5.92 Å². The Bertz CT molecular complexity index is 658. The fourth-order valence-corrected chi connectivity index (χ4v) is 4.60. The van der Waals surface area contributed by atoms with Gasteiger partial charge in [0.2, 0.25) is 15.9 Å². The molecule has 0 spiro atoms. The minimum Gasteiger partial charge on any atom is -0.356 e. The number of amides is 1. The van der Waals surface area contributed by atoms with Crippen LogP contribution in [0.2, 0.25) is 0 Å². The first-order valence-electron chi connectivity index (χ1n) is 8.94. The third-order valence-electron chi connectivity index (χ3n) is 4.79. The molecule has 5 nitrogen and oxygen atoms in total. The molecule has 2 fully saturated rings. The van der Waals surface area contributed by atoms with Gasteiger partial charge in [0.05, 0.1) is 4.90 Å². The van der Waals surface area contributed by atoms with Crippen molar-refractivity contribution in [2.45, 2.75) is 49.8 Å². The van der Waals surface area contributed by atoms with Crippen LogP contribution in [0.3, 0.4) is 0 Å². The predicted molar refractivity (Wildman–Crippen MR) is 93.1 cm³/mol. The van der Waals surface area contributed by atoms with E-state index in [-0.39, 0.29) is 11.8 Å². The molecule has 1 N–H and O–H groups in total. The molecule has 1 aromatic carbocycles. The van der Waals surface area contributed by atoms with Crippen LogP contribution in [-0.4, -0.2) is 38.3 Å². The fourth-order valence-electron chi connectivity index (χ4n) is 3.08. The largest absolute Gasteiger partial charge is 0.356 e. The van der Waals surface area contributed by atoms with Crippen molar-refractivity contribution in [3.8, 4) is 0 Å². The van der Waals surface area contributed by atoms with Gasteiger partial charge in [0, 0.05) is 25.6 Å². The molecule has 6 heteroatoms. The predicted octanol–water partition coefficient (Wildman–Crippen LogP) is 2.32. The van der Waals surface area contributed by atoms with Crippen molar-refractivity contribution < 1.29 is 13.2 Å². The van der Waals surface area contributed by atoms with E-state index >= 15 is 0 Å². The van der Waals surface area contributed by atoms with Crippen molar-refractivity contribution in [1.29, 1.82) is 0 Å². The molecule has 1 aliphatic carbocycles. The van der Waals surface area contributed by atoms with Gasteiger partial charge in [-0.05, 0) is 49.8 Å². The summed E-state index contributed by atoms with van der Waals surface area (Å²) in [5.74, 6) is 0.376. The molecule has 0 bridgehead atoms. The van der Waals surface area contributed by atoms with E-state index in [0.29, 0.717) is 24.5 Å². The van der Waals surface area contributed by atoms with E-state index in [9.17, 15) is 13.2 Å². The zero-order valence-electron chi connectivity index (χ0n) is 14.0. The van der Waals surface area contributed by atoms with Crippen molar-refractivity contribution in [2.75, 3.05) is 19.6 Å². The van der Waals surface area contributed by atoms with Crippen molar-refractivity contribution >= 4 is 15.9 Å². The lowest BCUT2D eigenvalue weighted by Crippen LogP contribution is -2.31. The molecule has 1 aliphatic heterocycles. The maximum Gasteiger partial charge on any atom is 0.243 e. The average Bonchev–Trinajstić information content (AvgIpc) is 3.42. The van der Waals surface area contributed by atoms with Crippen molar-refractivity contribution in [3.05, 3.63) is 29.8 Å². The van der Waals surface area contributed by atoms with E-state index in [1.807, 2.05) is 12.1 Å². The smallest absolute Gasteiger partial charge is 0.243 e. The number of hydrogen-bond acceptors (Lipinski definition) is 3. The number of nitrogens with zero attached hydrogens (tertiary/aromatic N) is 1. The Labute approximate surface area is 144 Å². The van der Waals surface area contributed by atoms with Crippen LogP contribution in [0.4, 0.5) is 0 Å². The molecule has 24 heavy (non-hydrogen) atoms. The van der Waals surface area contributed by atoms with Gasteiger partial charge >= 0.3 is 0 Å². The molecule has 1 aromatic rings. The van der Waals surface area contributed by atoms with E-state index < -0.39 is 10.0 Å². The van der Waals surface area contributed by atoms with Crippen LogP contribution in [0.5, 0.6) is 0 Å². The lowest BCUT2D eigenvalue weighted by molar-refractivity contribution is -0.122. The number of hydrogen-bond donors (Lipinski definition) is 1. The summed E-state index contributed by atoms with van der Waals surface area (Å²) in [5, 5.41) is 2.93. The Hall–Kier alpha value is -1.40. The molecule has 0 aromatic heterocycles. The topological polar surface area (TPSA) is 66.5 Å². The lowest BCUT2D eigenvalue weighted by Gasteiger charge is -2.20. The van der Waals surface area contributed by atoms with Crippen LogP contribution in [0, 0.1) is 5.92 Å². The third-order valence-corrected chi connectivity index (χ3v) is 6.70. The normalized spacial score (nSPS) is 19.7. The summed E-state index contributed by atoms with van der Waals surface area (Å²) in [5.41, 5.74) is 1.04. The van der Waals surface area contributed by atoms with Gasteiger partial charge in [-0.15, -0.1) is 0 Å². The molecule has 1 heterocycles. The number of carbonyl (C=O) groups excluding carboxylic acids is 1. The van der Waals surface area contributed by atoms with Gasteiger partial charge in [0.25, 0.3) is 0 Å². The number of sulfonamides is 1. The summed E-state index contributed by atoms with van der Waals surface area (Å²) in [7, 11) is -3.38. The number of nitrogens with one attached hydrogen (secondary N) is 1.